The minimum Gasteiger partial charge on any atom is -0.408 e. The van der Waals surface area contributed by atoms with Crippen LogP contribution in [0, 0.1) is 0 Å². The van der Waals surface area contributed by atoms with Crippen LogP contribution in [0.15, 0.2) is 48.7 Å². The predicted molar refractivity (Wildman–Crippen MR) is 98.9 cm³/mol. The summed E-state index contributed by atoms with van der Waals surface area (Å²) in [5.74, 6) is -0.0873. The number of rotatable bonds is 3. The summed E-state index contributed by atoms with van der Waals surface area (Å²) in [4.78, 5) is 18.0. The molecular weight excluding hydrogens is 411 g/mol. The van der Waals surface area contributed by atoms with Gasteiger partial charge in [-0.2, -0.15) is 18.3 Å². The fourth-order valence-electron chi connectivity index (χ4n) is 2.92. The number of nitrogens with zero attached hydrogens (tertiary/aromatic N) is 3. The summed E-state index contributed by atoms with van der Waals surface area (Å²) < 4.78 is 47.3. The maximum atomic E-state index is 13.9. The van der Waals surface area contributed by atoms with Gasteiger partial charge in [0.05, 0.1) is 28.0 Å². The second kappa shape index (κ2) is 6.82. The Bertz CT molecular complexity index is 1230. The molecule has 0 aliphatic rings. The molecule has 2 aromatic carbocycles. The lowest BCUT2D eigenvalue weighted by molar-refractivity contribution is -0.142. The second-order valence-electron chi connectivity index (χ2n) is 5.93. The Hall–Kier alpha value is -3.53. The SMILES string of the molecule is NC(=O)Oc1cccc2[nH]c(-c3cnn(-c4ccccc4Cl)c3C(F)(F)F)nc12. The zero-order chi connectivity index (χ0) is 20.8. The van der Waals surface area contributed by atoms with Crippen LogP contribution in [-0.2, 0) is 6.18 Å². The van der Waals surface area contributed by atoms with Gasteiger partial charge in [0, 0.05) is 0 Å². The van der Waals surface area contributed by atoms with Crippen molar-refractivity contribution in [2.45, 2.75) is 6.18 Å². The second-order valence-corrected chi connectivity index (χ2v) is 6.33. The number of ether oxygens (including phenoxy) is 1. The Morgan fingerprint density at radius 2 is 1.93 bits per heavy atom. The van der Waals surface area contributed by atoms with Crippen molar-refractivity contribution < 1.29 is 22.7 Å². The van der Waals surface area contributed by atoms with Gasteiger partial charge in [-0.25, -0.2) is 14.5 Å². The normalized spacial score (nSPS) is 11.7. The lowest BCUT2D eigenvalue weighted by atomic mass is 10.2. The number of hydrogen-bond acceptors (Lipinski definition) is 4. The smallest absolute Gasteiger partial charge is 0.408 e. The molecule has 0 spiro atoms. The van der Waals surface area contributed by atoms with E-state index in [-0.39, 0.29) is 33.4 Å². The zero-order valence-corrected chi connectivity index (χ0v) is 15.1. The molecule has 29 heavy (non-hydrogen) atoms. The number of carbonyl (C=O) groups is 1. The Balaban J connectivity index is 1.92. The van der Waals surface area contributed by atoms with E-state index >= 15 is 0 Å². The van der Waals surface area contributed by atoms with Crippen LogP contribution in [0.25, 0.3) is 28.1 Å². The first-order valence-electron chi connectivity index (χ1n) is 8.12. The molecule has 11 heteroatoms. The lowest BCUT2D eigenvalue weighted by Gasteiger charge is -2.13. The third-order valence-corrected chi connectivity index (χ3v) is 4.38. The zero-order valence-electron chi connectivity index (χ0n) is 14.4. The van der Waals surface area contributed by atoms with E-state index in [2.05, 4.69) is 15.1 Å². The van der Waals surface area contributed by atoms with Crippen molar-refractivity contribution in [3.8, 4) is 22.8 Å². The Morgan fingerprint density at radius 3 is 2.62 bits per heavy atom. The van der Waals surface area contributed by atoms with E-state index in [0.29, 0.717) is 10.2 Å². The number of carbonyl (C=O) groups excluding carboxylic acids is 1. The highest BCUT2D eigenvalue weighted by Gasteiger charge is 2.40. The monoisotopic (exact) mass is 421 g/mol. The van der Waals surface area contributed by atoms with Gasteiger partial charge < -0.3 is 15.5 Å². The third-order valence-electron chi connectivity index (χ3n) is 4.06. The average molecular weight is 422 g/mol. The molecule has 4 aromatic rings. The number of aromatic nitrogens is 4. The maximum Gasteiger partial charge on any atom is 0.434 e. The van der Waals surface area contributed by atoms with E-state index in [0.717, 1.165) is 6.20 Å². The number of imidazole rings is 1. The molecule has 4 rings (SSSR count). The van der Waals surface area contributed by atoms with Crippen LogP contribution >= 0.6 is 11.6 Å². The molecule has 0 aliphatic heterocycles. The number of halogens is 4. The van der Waals surface area contributed by atoms with Crippen molar-refractivity contribution in [3.63, 3.8) is 0 Å². The fraction of sp³-hybridized carbons (Fsp3) is 0.0556. The number of primary amides is 1. The molecule has 0 saturated carbocycles. The summed E-state index contributed by atoms with van der Waals surface area (Å²) in [6.45, 7) is 0. The molecule has 148 valence electrons. The first-order valence-corrected chi connectivity index (χ1v) is 8.50. The van der Waals surface area contributed by atoms with Gasteiger partial charge in [0.25, 0.3) is 0 Å². The number of alkyl halides is 3. The summed E-state index contributed by atoms with van der Waals surface area (Å²) >= 11 is 6.06. The number of aromatic amines is 1. The van der Waals surface area contributed by atoms with Gasteiger partial charge in [-0.1, -0.05) is 29.8 Å². The van der Waals surface area contributed by atoms with E-state index < -0.39 is 18.0 Å². The summed E-state index contributed by atoms with van der Waals surface area (Å²) in [6, 6.07) is 10.6. The third kappa shape index (κ3) is 3.38. The highest BCUT2D eigenvalue weighted by atomic mass is 35.5. The van der Waals surface area contributed by atoms with E-state index in [1.165, 1.54) is 18.2 Å². The molecule has 1 amide bonds. The standard InChI is InChI=1S/C18H11ClF3N5O2/c19-10-4-1-2-6-12(10)27-15(18(20,21)22)9(8-24-27)16-25-11-5-3-7-13(14(11)26-16)29-17(23)28/h1-8H,(H2,23,28)(H,25,26). The van der Waals surface area contributed by atoms with Crippen molar-refractivity contribution in [3.05, 3.63) is 59.4 Å². The number of benzene rings is 2. The summed E-state index contributed by atoms with van der Waals surface area (Å²) in [5, 5.41) is 3.98. The van der Waals surface area contributed by atoms with Crippen molar-refractivity contribution >= 4 is 28.7 Å². The van der Waals surface area contributed by atoms with Crippen LogP contribution in [0.4, 0.5) is 18.0 Å². The van der Waals surface area contributed by atoms with Crippen LogP contribution < -0.4 is 10.5 Å². The van der Waals surface area contributed by atoms with Crippen LogP contribution in [0.3, 0.4) is 0 Å². The molecule has 2 heterocycles. The van der Waals surface area contributed by atoms with E-state index in [1.807, 2.05) is 0 Å². The molecule has 0 aliphatic carbocycles. The number of fused-ring (bicyclic) bond motifs is 1. The quantitative estimate of drug-likeness (QED) is 0.507. The van der Waals surface area contributed by atoms with Gasteiger partial charge in [0.2, 0.25) is 0 Å². The van der Waals surface area contributed by atoms with Gasteiger partial charge in [0.15, 0.2) is 11.4 Å². The molecular formula is C18H11ClF3N5O2. The van der Waals surface area contributed by atoms with Crippen molar-refractivity contribution in [2.24, 2.45) is 5.73 Å². The number of amides is 1. The molecule has 3 N–H and O–H groups in total. The highest BCUT2D eigenvalue weighted by Crippen LogP contribution is 2.39. The summed E-state index contributed by atoms with van der Waals surface area (Å²) in [5.41, 5.74) is 4.26. The van der Waals surface area contributed by atoms with E-state index in [4.69, 9.17) is 22.1 Å². The van der Waals surface area contributed by atoms with Crippen molar-refractivity contribution in [2.75, 3.05) is 0 Å². The maximum absolute atomic E-state index is 13.9. The van der Waals surface area contributed by atoms with Gasteiger partial charge in [-0.3, -0.25) is 0 Å². The Kier molecular flexibility index (Phi) is 4.42. The van der Waals surface area contributed by atoms with Crippen molar-refractivity contribution in [1.29, 1.82) is 0 Å². The molecule has 0 atom stereocenters. The van der Waals surface area contributed by atoms with Gasteiger partial charge in [-0.05, 0) is 24.3 Å². The molecule has 0 bridgehead atoms. The molecule has 0 unspecified atom stereocenters. The van der Waals surface area contributed by atoms with Crippen LogP contribution in [0.1, 0.15) is 5.69 Å². The van der Waals surface area contributed by atoms with Gasteiger partial charge in [-0.15, -0.1) is 0 Å². The number of hydrogen-bond donors (Lipinski definition) is 2. The van der Waals surface area contributed by atoms with Gasteiger partial charge in [0.1, 0.15) is 11.3 Å². The Morgan fingerprint density at radius 1 is 1.17 bits per heavy atom. The number of para-hydroxylation sites is 2. The van der Waals surface area contributed by atoms with Crippen LogP contribution in [0.5, 0.6) is 5.75 Å². The molecule has 7 nitrogen and oxygen atoms in total. The Labute approximate surface area is 165 Å². The summed E-state index contributed by atoms with van der Waals surface area (Å²) in [7, 11) is 0. The van der Waals surface area contributed by atoms with Crippen molar-refractivity contribution in [1.82, 2.24) is 19.7 Å². The molecule has 0 radical (unpaired) electrons. The van der Waals surface area contributed by atoms with Crippen LogP contribution in [-0.4, -0.2) is 25.8 Å². The minimum absolute atomic E-state index is 0.0181. The molecule has 0 saturated heterocycles. The average Bonchev–Trinajstić information content (AvgIpc) is 3.26. The summed E-state index contributed by atoms with van der Waals surface area (Å²) in [6.07, 6.45) is -4.78. The van der Waals surface area contributed by atoms with E-state index in [9.17, 15) is 18.0 Å². The number of H-pyrrole nitrogens is 1. The largest absolute Gasteiger partial charge is 0.434 e. The first-order chi connectivity index (χ1) is 13.8. The highest BCUT2D eigenvalue weighted by molar-refractivity contribution is 6.32. The van der Waals surface area contributed by atoms with Gasteiger partial charge >= 0.3 is 12.3 Å². The minimum atomic E-state index is -4.75. The fourth-order valence-corrected chi connectivity index (χ4v) is 3.14. The molecule has 0 fully saturated rings. The number of nitrogens with one attached hydrogen (secondary N) is 1. The number of nitrogens with two attached hydrogens (primary N) is 1. The molecule has 2 aromatic heterocycles. The predicted octanol–water partition coefficient (Wildman–Crippen LogP) is 4.55. The topological polar surface area (TPSA) is 98.8 Å². The van der Waals surface area contributed by atoms with Crippen LogP contribution in [0.2, 0.25) is 5.02 Å². The lowest BCUT2D eigenvalue weighted by Crippen LogP contribution is -2.16. The van der Waals surface area contributed by atoms with E-state index in [1.54, 1.807) is 24.3 Å². The first kappa shape index (κ1) is 18.8.